The van der Waals surface area contributed by atoms with E-state index in [0.29, 0.717) is 18.0 Å². The molecule has 0 N–H and O–H groups in total. The monoisotopic (exact) mass is 381 g/mol. The smallest absolute Gasteiger partial charge is 0.351 e. The molecular weight excluding hydrogens is 362 g/mol. The van der Waals surface area contributed by atoms with Crippen LogP contribution >= 0.6 is 15.9 Å². The number of carbonyl (C=O) groups is 1. The van der Waals surface area contributed by atoms with Gasteiger partial charge in [0.1, 0.15) is 17.5 Å². The topological polar surface area (TPSA) is 84.0 Å². The van der Waals surface area contributed by atoms with Gasteiger partial charge in [-0.05, 0) is 32.0 Å². The maximum Gasteiger partial charge on any atom is 0.351 e. The molecule has 1 aromatic rings. The summed E-state index contributed by atoms with van der Waals surface area (Å²) in [6.07, 6.45) is 0. The van der Waals surface area contributed by atoms with Crippen molar-refractivity contribution in [2.45, 2.75) is 33.2 Å². The average Bonchev–Trinajstić information content (AvgIpc) is 2.50. The lowest BCUT2D eigenvalue weighted by Gasteiger charge is -2.22. The van der Waals surface area contributed by atoms with Crippen LogP contribution in [0, 0.1) is 17.2 Å². The van der Waals surface area contributed by atoms with E-state index < -0.39 is 11.5 Å². The number of hydrogen-bond acceptors (Lipinski definition) is 6. The van der Waals surface area contributed by atoms with Crippen molar-refractivity contribution in [3.05, 3.63) is 22.7 Å². The molecule has 0 aliphatic heterocycles. The number of hydrogen-bond donors (Lipinski definition) is 0. The molecule has 7 heteroatoms. The van der Waals surface area contributed by atoms with Gasteiger partial charge in [-0.2, -0.15) is 10.4 Å². The second-order valence-corrected chi connectivity index (χ2v) is 5.91. The van der Waals surface area contributed by atoms with Crippen molar-refractivity contribution >= 4 is 27.6 Å². The lowest BCUT2D eigenvalue weighted by atomic mass is 9.89. The van der Waals surface area contributed by atoms with Gasteiger partial charge in [0.05, 0.1) is 13.2 Å². The molecule has 0 spiro atoms. The summed E-state index contributed by atoms with van der Waals surface area (Å²) in [5.41, 5.74) is -1.23. The van der Waals surface area contributed by atoms with E-state index in [2.05, 4.69) is 26.2 Å². The Labute approximate surface area is 144 Å². The molecule has 1 rings (SSSR count). The maximum atomic E-state index is 12.2. The quantitative estimate of drug-likeness (QED) is 0.516. The number of azo groups is 1. The van der Waals surface area contributed by atoms with Crippen LogP contribution in [0.15, 0.2) is 32.9 Å². The van der Waals surface area contributed by atoms with Crippen molar-refractivity contribution in [1.82, 2.24) is 0 Å². The van der Waals surface area contributed by atoms with E-state index in [1.54, 1.807) is 39.0 Å². The fourth-order valence-corrected chi connectivity index (χ4v) is 2.14. The second-order valence-electron chi connectivity index (χ2n) is 5.00. The van der Waals surface area contributed by atoms with E-state index in [1.165, 1.54) is 0 Å². The number of ether oxygens (including phenoxy) is 2. The van der Waals surface area contributed by atoms with Crippen molar-refractivity contribution in [3.8, 4) is 11.8 Å². The van der Waals surface area contributed by atoms with Crippen molar-refractivity contribution < 1.29 is 14.3 Å². The Morgan fingerprint density at radius 2 is 2.09 bits per heavy atom. The molecule has 0 radical (unpaired) electrons. The van der Waals surface area contributed by atoms with Crippen LogP contribution in [0.4, 0.5) is 5.69 Å². The van der Waals surface area contributed by atoms with Crippen molar-refractivity contribution in [1.29, 1.82) is 5.26 Å². The van der Waals surface area contributed by atoms with Crippen molar-refractivity contribution in [3.63, 3.8) is 0 Å². The van der Waals surface area contributed by atoms with E-state index in [4.69, 9.17) is 9.47 Å². The first-order chi connectivity index (χ1) is 10.9. The summed E-state index contributed by atoms with van der Waals surface area (Å²) in [4.78, 5) is 12.2. The van der Waals surface area contributed by atoms with E-state index in [9.17, 15) is 10.1 Å². The van der Waals surface area contributed by atoms with E-state index in [0.717, 1.165) is 4.47 Å². The largest absolute Gasteiger partial charge is 0.492 e. The van der Waals surface area contributed by atoms with Gasteiger partial charge in [0.25, 0.3) is 5.54 Å². The first kappa shape index (κ1) is 19.1. The van der Waals surface area contributed by atoms with Gasteiger partial charge in [0.2, 0.25) is 0 Å². The Morgan fingerprint density at radius 3 is 2.61 bits per heavy atom. The molecule has 0 aliphatic carbocycles. The number of rotatable bonds is 7. The third-order valence-corrected chi connectivity index (χ3v) is 3.62. The molecule has 0 bridgehead atoms. The zero-order chi connectivity index (χ0) is 17.5. The fourth-order valence-electron chi connectivity index (χ4n) is 1.80. The van der Waals surface area contributed by atoms with Crippen LogP contribution in [0.25, 0.3) is 0 Å². The van der Waals surface area contributed by atoms with E-state index in [1.807, 2.05) is 13.0 Å². The van der Waals surface area contributed by atoms with Gasteiger partial charge in [0.15, 0.2) is 0 Å². The van der Waals surface area contributed by atoms with Gasteiger partial charge in [-0.1, -0.05) is 29.8 Å². The summed E-state index contributed by atoms with van der Waals surface area (Å²) in [6, 6.07) is 7.19. The van der Waals surface area contributed by atoms with Gasteiger partial charge in [0, 0.05) is 10.4 Å². The predicted octanol–water partition coefficient (Wildman–Crippen LogP) is 4.41. The van der Waals surface area contributed by atoms with Crippen molar-refractivity contribution in [2.75, 3.05) is 13.2 Å². The van der Waals surface area contributed by atoms with Gasteiger partial charge < -0.3 is 9.47 Å². The lowest BCUT2D eigenvalue weighted by Crippen LogP contribution is -2.41. The van der Waals surface area contributed by atoms with Crippen LogP contribution in [0.5, 0.6) is 5.75 Å². The zero-order valence-corrected chi connectivity index (χ0v) is 15.3. The van der Waals surface area contributed by atoms with E-state index >= 15 is 0 Å². The molecule has 1 aromatic carbocycles. The third-order valence-electron chi connectivity index (χ3n) is 3.13. The first-order valence-electron chi connectivity index (χ1n) is 7.35. The number of nitriles is 1. The van der Waals surface area contributed by atoms with Crippen LogP contribution in [-0.2, 0) is 9.53 Å². The maximum absolute atomic E-state index is 12.2. The summed E-state index contributed by atoms with van der Waals surface area (Å²) < 4.78 is 11.3. The number of halogens is 1. The Bertz CT molecular complexity index is 625. The SMILES string of the molecule is CCOC(=O)C(C#N)(N=Nc1ccc(Br)cc1OCC)C(C)C. The number of esters is 1. The molecule has 1 atom stereocenters. The number of benzene rings is 1. The molecule has 1 unspecified atom stereocenters. The highest BCUT2D eigenvalue weighted by molar-refractivity contribution is 9.10. The van der Waals surface area contributed by atoms with Crippen LogP contribution in [0.1, 0.15) is 27.7 Å². The molecule has 23 heavy (non-hydrogen) atoms. The predicted molar refractivity (Wildman–Crippen MR) is 89.6 cm³/mol. The molecule has 0 saturated carbocycles. The minimum absolute atomic E-state index is 0.174. The minimum atomic E-state index is -1.67. The van der Waals surface area contributed by atoms with Crippen LogP contribution in [-0.4, -0.2) is 24.7 Å². The molecular formula is C16H20BrN3O3. The highest BCUT2D eigenvalue weighted by atomic mass is 79.9. The Balaban J connectivity index is 3.26. The normalized spacial score (nSPS) is 13.6. The summed E-state index contributed by atoms with van der Waals surface area (Å²) in [5.74, 6) is -0.567. The van der Waals surface area contributed by atoms with Crippen molar-refractivity contribution in [2.24, 2.45) is 16.1 Å². The minimum Gasteiger partial charge on any atom is -0.492 e. The fraction of sp³-hybridized carbons (Fsp3) is 0.500. The molecule has 0 heterocycles. The third kappa shape index (κ3) is 4.52. The van der Waals surface area contributed by atoms with Gasteiger partial charge >= 0.3 is 5.97 Å². The lowest BCUT2D eigenvalue weighted by molar-refractivity contribution is -0.148. The molecule has 0 aromatic heterocycles. The Kier molecular flexibility index (Phi) is 7.17. The zero-order valence-electron chi connectivity index (χ0n) is 13.7. The number of nitrogens with zero attached hydrogens (tertiary/aromatic N) is 3. The van der Waals surface area contributed by atoms with Crippen LogP contribution < -0.4 is 4.74 Å². The molecule has 0 fully saturated rings. The molecule has 0 aliphatic rings. The van der Waals surface area contributed by atoms with Gasteiger partial charge in [-0.3, -0.25) is 0 Å². The molecule has 0 amide bonds. The average molecular weight is 382 g/mol. The summed E-state index contributed by atoms with van der Waals surface area (Å²) in [6.45, 7) is 7.62. The van der Waals surface area contributed by atoms with E-state index in [-0.39, 0.29) is 12.5 Å². The Morgan fingerprint density at radius 1 is 1.39 bits per heavy atom. The highest BCUT2D eigenvalue weighted by Gasteiger charge is 2.44. The highest BCUT2D eigenvalue weighted by Crippen LogP contribution is 2.33. The summed E-state index contributed by atoms with van der Waals surface area (Å²) >= 11 is 3.36. The second kappa shape index (κ2) is 8.63. The number of carbonyl (C=O) groups excluding carboxylic acids is 1. The summed E-state index contributed by atoms with van der Waals surface area (Å²) in [7, 11) is 0. The van der Waals surface area contributed by atoms with Crippen LogP contribution in [0.3, 0.4) is 0 Å². The molecule has 124 valence electrons. The Hall–Kier alpha value is -1.94. The molecule has 6 nitrogen and oxygen atoms in total. The van der Waals surface area contributed by atoms with Gasteiger partial charge in [-0.25, -0.2) is 4.79 Å². The van der Waals surface area contributed by atoms with Crippen LogP contribution in [0.2, 0.25) is 0 Å². The van der Waals surface area contributed by atoms with Gasteiger partial charge in [-0.15, -0.1) is 5.11 Å². The summed E-state index contributed by atoms with van der Waals surface area (Å²) in [5, 5.41) is 17.6. The standard InChI is InChI=1S/C16H20BrN3O3/c1-5-22-14-9-12(17)7-8-13(14)19-20-16(10-18,11(3)4)15(21)23-6-2/h7-9,11H,5-6H2,1-4H3. The first-order valence-corrected chi connectivity index (χ1v) is 8.14. The molecule has 0 saturated heterocycles.